The van der Waals surface area contributed by atoms with E-state index >= 15 is 0 Å². The first kappa shape index (κ1) is 15.0. The monoisotopic (exact) mass is 286 g/mol. The highest BCUT2D eigenvalue weighted by atomic mass is 32.2. The lowest BCUT2D eigenvalue weighted by Crippen LogP contribution is -2.55. The molecular weight excluding hydrogens is 260 g/mol. The van der Waals surface area contributed by atoms with Gasteiger partial charge in [-0.15, -0.1) is 0 Å². The van der Waals surface area contributed by atoms with Crippen LogP contribution < -0.4 is 11.1 Å². The third-order valence-corrected chi connectivity index (χ3v) is 6.31. The van der Waals surface area contributed by atoms with Crippen molar-refractivity contribution in [3.05, 3.63) is 0 Å². The van der Waals surface area contributed by atoms with Gasteiger partial charge in [-0.25, -0.2) is 0 Å². The highest BCUT2D eigenvalue weighted by molar-refractivity contribution is 7.85. The lowest BCUT2D eigenvalue weighted by Gasteiger charge is -2.32. The zero-order valence-corrected chi connectivity index (χ0v) is 12.6. The van der Waals surface area contributed by atoms with Gasteiger partial charge in [0.2, 0.25) is 5.91 Å². The molecule has 0 aromatic carbocycles. The van der Waals surface area contributed by atoms with E-state index in [1.54, 1.807) is 0 Å². The molecular formula is C14H26N2O2S. The summed E-state index contributed by atoms with van der Waals surface area (Å²) in [6.07, 6.45) is 7.64. The molecule has 0 heterocycles. The lowest BCUT2D eigenvalue weighted by molar-refractivity contribution is -0.127. The van der Waals surface area contributed by atoms with Crippen LogP contribution in [0.2, 0.25) is 0 Å². The van der Waals surface area contributed by atoms with Gasteiger partial charge in [0.1, 0.15) is 0 Å². The van der Waals surface area contributed by atoms with Gasteiger partial charge in [-0.3, -0.25) is 9.00 Å². The Labute approximate surface area is 118 Å². The van der Waals surface area contributed by atoms with Crippen molar-refractivity contribution in [2.45, 2.75) is 75.1 Å². The van der Waals surface area contributed by atoms with E-state index in [0.717, 1.165) is 51.4 Å². The Hall–Kier alpha value is -0.420. The van der Waals surface area contributed by atoms with Crippen LogP contribution in [0.4, 0.5) is 0 Å². The van der Waals surface area contributed by atoms with E-state index in [2.05, 4.69) is 5.32 Å². The second-order valence-electron chi connectivity index (χ2n) is 5.99. The molecule has 3 atom stereocenters. The van der Waals surface area contributed by atoms with E-state index in [-0.39, 0.29) is 17.2 Å². The van der Waals surface area contributed by atoms with Gasteiger partial charge >= 0.3 is 0 Å². The van der Waals surface area contributed by atoms with Crippen LogP contribution in [0.1, 0.15) is 58.3 Å². The van der Waals surface area contributed by atoms with Crippen molar-refractivity contribution >= 4 is 16.7 Å². The van der Waals surface area contributed by atoms with Crippen LogP contribution in [0, 0.1) is 0 Å². The van der Waals surface area contributed by atoms with Crippen molar-refractivity contribution in [3.63, 3.8) is 0 Å². The molecule has 0 spiro atoms. The molecule has 2 saturated carbocycles. The second-order valence-corrected chi connectivity index (χ2v) is 8.00. The summed E-state index contributed by atoms with van der Waals surface area (Å²) >= 11 is 0. The first-order valence-electron chi connectivity index (χ1n) is 7.52. The zero-order valence-electron chi connectivity index (χ0n) is 11.8. The van der Waals surface area contributed by atoms with Crippen LogP contribution in [-0.4, -0.2) is 32.7 Å². The second kappa shape index (κ2) is 6.35. The Morgan fingerprint density at radius 3 is 2.63 bits per heavy atom. The van der Waals surface area contributed by atoms with Crippen molar-refractivity contribution in [2.24, 2.45) is 5.73 Å². The van der Waals surface area contributed by atoms with E-state index < -0.39 is 16.3 Å². The van der Waals surface area contributed by atoms with Crippen molar-refractivity contribution in [2.75, 3.05) is 5.75 Å². The molecule has 2 rings (SSSR count). The van der Waals surface area contributed by atoms with E-state index in [1.807, 2.05) is 6.92 Å². The summed E-state index contributed by atoms with van der Waals surface area (Å²) in [5, 5.41) is 3.36. The SMILES string of the molecule is CCS(=O)C1CCCC(NC(=O)C2(N)CCCC2)C1. The summed E-state index contributed by atoms with van der Waals surface area (Å²) in [6, 6.07) is 0.169. The molecule has 1 amide bonds. The Bertz CT molecular complexity index is 353. The quantitative estimate of drug-likeness (QED) is 0.821. The highest BCUT2D eigenvalue weighted by Gasteiger charge is 2.38. The van der Waals surface area contributed by atoms with E-state index in [4.69, 9.17) is 5.73 Å². The fourth-order valence-corrected chi connectivity index (χ4v) is 4.66. The summed E-state index contributed by atoms with van der Waals surface area (Å²) < 4.78 is 11.9. The number of nitrogens with one attached hydrogen (secondary N) is 1. The number of rotatable bonds is 4. The predicted molar refractivity (Wildman–Crippen MR) is 78.3 cm³/mol. The topological polar surface area (TPSA) is 72.2 Å². The molecule has 2 fully saturated rings. The fourth-order valence-electron chi connectivity index (χ4n) is 3.31. The maximum Gasteiger partial charge on any atom is 0.240 e. The minimum absolute atomic E-state index is 0.0120. The number of hydrogen-bond acceptors (Lipinski definition) is 3. The number of carbonyl (C=O) groups excluding carboxylic acids is 1. The third-order valence-electron chi connectivity index (χ3n) is 4.57. The fraction of sp³-hybridized carbons (Fsp3) is 0.929. The molecule has 4 nitrogen and oxygen atoms in total. The maximum atomic E-state index is 12.3. The van der Waals surface area contributed by atoms with Crippen LogP contribution in [0.15, 0.2) is 0 Å². The van der Waals surface area contributed by atoms with Crippen molar-refractivity contribution in [1.82, 2.24) is 5.32 Å². The molecule has 0 aromatic rings. The number of nitrogens with two attached hydrogens (primary N) is 1. The smallest absolute Gasteiger partial charge is 0.240 e. The first-order valence-corrected chi connectivity index (χ1v) is 8.90. The Kier molecular flexibility index (Phi) is 5.01. The van der Waals surface area contributed by atoms with Gasteiger partial charge in [0, 0.05) is 27.8 Å². The van der Waals surface area contributed by atoms with Crippen LogP contribution in [-0.2, 0) is 15.6 Å². The van der Waals surface area contributed by atoms with Crippen LogP contribution in [0.5, 0.6) is 0 Å². The summed E-state index contributed by atoms with van der Waals surface area (Å²) in [5.41, 5.74) is 5.53. The molecule has 0 bridgehead atoms. The minimum atomic E-state index is -0.744. The Morgan fingerprint density at radius 1 is 1.32 bits per heavy atom. The molecule has 2 aliphatic carbocycles. The lowest BCUT2D eigenvalue weighted by atomic mass is 9.92. The van der Waals surface area contributed by atoms with Gasteiger partial charge < -0.3 is 11.1 Å². The van der Waals surface area contributed by atoms with Gasteiger partial charge in [0.25, 0.3) is 0 Å². The molecule has 110 valence electrons. The largest absolute Gasteiger partial charge is 0.352 e. The molecule has 5 heteroatoms. The molecule has 2 aliphatic rings. The average molecular weight is 286 g/mol. The molecule has 0 aliphatic heterocycles. The summed E-state index contributed by atoms with van der Waals surface area (Å²) in [6.45, 7) is 1.96. The first-order chi connectivity index (χ1) is 9.05. The molecule has 3 unspecified atom stereocenters. The van der Waals surface area contributed by atoms with Gasteiger partial charge in [0.05, 0.1) is 5.54 Å². The van der Waals surface area contributed by atoms with E-state index in [9.17, 15) is 9.00 Å². The van der Waals surface area contributed by atoms with Crippen molar-refractivity contribution in [3.8, 4) is 0 Å². The Morgan fingerprint density at radius 2 is 2.00 bits per heavy atom. The van der Waals surface area contributed by atoms with Crippen molar-refractivity contribution in [1.29, 1.82) is 0 Å². The number of amides is 1. The van der Waals surface area contributed by atoms with Gasteiger partial charge in [0.15, 0.2) is 0 Å². The van der Waals surface area contributed by atoms with Crippen molar-refractivity contribution < 1.29 is 9.00 Å². The molecule has 19 heavy (non-hydrogen) atoms. The van der Waals surface area contributed by atoms with E-state index in [0.29, 0.717) is 5.75 Å². The van der Waals surface area contributed by atoms with E-state index in [1.165, 1.54) is 0 Å². The Balaban J connectivity index is 1.88. The predicted octanol–water partition coefficient (Wildman–Crippen LogP) is 1.45. The zero-order chi connectivity index (χ0) is 13.9. The summed E-state index contributed by atoms with van der Waals surface area (Å²) in [5.74, 6) is 0.726. The molecule has 0 radical (unpaired) electrons. The normalized spacial score (nSPS) is 31.9. The van der Waals surface area contributed by atoms with Crippen LogP contribution in [0.3, 0.4) is 0 Å². The molecule has 3 N–H and O–H groups in total. The summed E-state index contributed by atoms with van der Waals surface area (Å²) in [4.78, 5) is 12.3. The standard InChI is InChI=1S/C14H26N2O2S/c1-2-19(18)12-7-5-6-11(10-12)16-13(17)14(15)8-3-4-9-14/h11-12H,2-10,15H2,1H3,(H,16,17). The van der Waals surface area contributed by atoms with Gasteiger partial charge in [-0.05, 0) is 32.1 Å². The van der Waals surface area contributed by atoms with Crippen LogP contribution in [0.25, 0.3) is 0 Å². The number of carbonyl (C=O) groups is 1. The third kappa shape index (κ3) is 3.57. The average Bonchev–Trinajstić information content (AvgIpc) is 2.86. The summed E-state index contributed by atoms with van der Waals surface area (Å²) in [7, 11) is -0.744. The van der Waals surface area contributed by atoms with Gasteiger partial charge in [-0.2, -0.15) is 0 Å². The highest BCUT2D eigenvalue weighted by Crippen LogP contribution is 2.29. The van der Waals surface area contributed by atoms with Gasteiger partial charge in [-0.1, -0.05) is 26.2 Å². The molecule has 0 aromatic heterocycles. The maximum absolute atomic E-state index is 12.3. The van der Waals surface area contributed by atoms with Crippen LogP contribution >= 0.6 is 0 Å². The number of hydrogen-bond donors (Lipinski definition) is 2. The minimum Gasteiger partial charge on any atom is -0.352 e. The molecule has 0 saturated heterocycles.